The van der Waals surface area contributed by atoms with Crippen LogP contribution in [0.4, 0.5) is 0 Å². The van der Waals surface area contributed by atoms with Crippen molar-refractivity contribution in [1.29, 1.82) is 0 Å². The fraction of sp³-hybridized carbons (Fsp3) is 0.261. The van der Waals surface area contributed by atoms with E-state index in [0.717, 1.165) is 19.4 Å². The first-order valence-corrected chi connectivity index (χ1v) is 9.30. The molecule has 0 bridgehead atoms. The summed E-state index contributed by atoms with van der Waals surface area (Å²) >= 11 is 0. The zero-order valence-corrected chi connectivity index (χ0v) is 15.1. The van der Waals surface area contributed by atoms with E-state index < -0.39 is 0 Å². The quantitative estimate of drug-likeness (QED) is 0.603. The number of hydrogen-bond donors (Lipinski definition) is 1. The third-order valence-electron chi connectivity index (χ3n) is 4.65. The predicted octanol–water partition coefficient (Wildman–Crippen LogP) is 4.61. The molecule has 0 radical (unpaired) electrons. The van der Waals surface area contributed by atoms with Gasteiger partial charge >= 0.3 is 0 Å². The van der Waals surface area contributed by atoms with Crippen LogP contribution < -0.4 is 5.32 Å². The molecule has 1 amide bonds. The normalized spacial score (nSPS) is 10.8. The second-order valence-corrected chi connectivity index (χ2v) is 6.54. The predicted molar refractivity (Wildman–Crippen MR) is 106 cm³/mol. The monoisotopic (exact) mass is 346 g/mol. The molecule has 0 saturated heterocycles. The second kappa shape index (κ2) is 9.62. The van der Waals surface area contributed by atoms with Gasteiger partial charge < -0.3 is 9.88 Å². The summed E-state index contributed by atoms with van der Waals surface area (Å²) in [6, 6.07) is 25.0. The molecule has 1 aromatic heterocycles. The first-order valence-electron chi connectivity index (χ1n) is 9.30. The summed E-state index contributed by atoms with van der Waals surface area (Å²) < 4.78 is 2.11. The van der Waals surface area contributed by atoms with Gasteiger partial charge in [0, 0.05) is 37.8 Å². The van der Waals surface area contributed by atoms with E-state index in [9.17, 15) is 4.79 Å². The van der Waals surface area contributed by atoms with Crippen LogP contribution in [0.1, 0.15) is 36.3 Å². The Kier molecular flexibility index (Phi) is 6.66. The number of nitrogens with zero attached hydrogens (tertiary/aromatic N) is 1. The Morgan fingerprint density at radius 3 is 2.00 bits per heavy atom. The van der Waals surface area contributed by atoms with Crippen molar-refractivity contribution in [2.24, 2.45) is 0 Å². The number of carbonyl (C=O) groups excluding carboxylic acids is 1. The Bertz CT molecular complexity index is 727. The van der Waals surface area contributed by atoms with Gasteiger partial charge in [0.05, 0.1) is 0 Å². The molecular weight excluding hydrogens is 320 g/mol. The van der Waals surface area contributed by atoms with Crippen LogP contribution in [0.2, 0.25) is 0 Å². The van der Waals surface area contributed by atoms with E-state index >= 15 is 0 Å². The Morgan fingerprint density at radius 2 is 1.42 bits per heavy atom. The van der Waals surface area contributed by atoms with Crippen molar-refractivity contribution in [2.45, 2.75) is 31.7 Å². The van der Waals surface area contributed by atoms with Gasteiger partial charge in [-0.3, -0.25) is 4.79 Å². The minimum atomic E-state index is 0.136. The molecule has 0 spiro atoms. The lowest BCUT2D eigenvalue weighted by Crippen LogP contribution is -2.25. The Balaban J connectivity index is 1.49. The Morgan fingerprint density at radius 1 is 0.846 bits per heavy atom. The topological polar surface area (TPSA) is 34.0 Å². The largest absolute Gasteiger partial charge is 0.356 e. The zero-order valence-electron chi connectivity index (χ0n) is 15.1. The van der Waals surface area contributed by atoms with E-state index in [-0.39, 0.29) is 5.91 Å². The molecule has 0 aliphatic rings. The van der Waals surface area contributed by atoms with E-state index in [4.69, 9.17) is 0 Å². The molecule has 3 heteroatoms. The van der Waals surface area contributed by atoms with Gasteiger partial charge in [-0.1, -0.05) is 60.7 Å². The number of hydrogen-bond acceptors (Lipinski definition) is 1. The summed E-state index contributed by atoms with van der Waals surface area (Å²) in [5.41, 5.74) is 2.58. The number of benzene rings is 2. The third-order valence-corrected chi connectivity index (χ3v) is 4.65. The SMILES string of the molecule is O=C(CCCn1cccc1)NCCC(c1ccccc1)c1ccccc1. The maximum absolute atomic E-state index is 12.1. The highest BCUT2D eigenvalue weighted by Gasteiger charge is 2.14. The number of amides is 1. The van der Waals surface area contributed by atoms with Crippen molar-refractivity contribution in [3.8, 4) is 0 Å². The van der Waals surface area contributed by atoms with Crippen molar-refractivity contribution in [3.05, 3.63) is 96.3 Å². The maximum atomic E-state index is 12.1. The number of nitrogens with one attached hydrogen (secondary N) is 1. The van der Waals surface area contributed by atoms with Gasteiger partial charge in [-0.05, 0) is 36.1 Å². The van der Waals surface area contributed by atoms with Crippen molar-refractivity contribution >= 4 is 5.91 Å². The fourth-order valence-electron chi connectivity index (χ4n) is 3.28. The zero-order chi connectivity index (χ0) is 18.0. The number of carbonyl (C=O) groups is 1. The van der Waals surface area contributed by atoms with Crippen molar-refractivity contribution in [2.75, 3.05) is 6.54 Å². The molecule has 0 saturated carbocycles. The summed E-state index contributed by atoms with van der Waals surface area (Å²) in [4.78, 5) is 12.1. The van der Waals surface area contributed by atoms with Crippen LogP contribution >= 0.6 is 0 Å². The van der Waals surface area contributed by atoms with Gasteiger partial charge in [0.15, 0.2) is 0 Å². The summed E-state index contributed by atoms with van der Waals surface area (Å²) in [5, 5.41) is 3.08. The molecule has 2 aromatic carbocycles. The molecule has 26 heavy (non-hydrogen) atoms. The summed E-state index contributed by atoms with van der Waals surface area (Å²) in [5.74, 6) is 0.439. The van der Waals surface area contributed by atoms with Crippen LogP contribution in [0.3, 0.4) is 0 Å². The van der Waals surface area contributed by atoms with Gasteiger partial charge in [-0.15, -0.1) is 0 Å². The minimum absolute atomic E-state index is 0.136. The molecule has 3 nitrogen and oxygen atoms in total. The van der Waals surface area contributed by atoms with Crippen LogP contribution in [0, 0.1) is 0 Å². The number of rotatable bonds is 9. The van der Waals surface area contributed by atoms with E-state index in [0.29, 0.717) is 18.9 Å². The molecule has 3 rings (SSSR count). The smallest absolute Gasteiger partial charge is 0.220 e. The summed E-state index contributed by atoms with van der Waals surface area (Å²) in [6.07, 6.45) is 6.39. The molecule has 0 aliphatic heterocycles. The Labute approximate surface area is 155 Å². The van der Waals surface area contributed by atoms with Gasteiger partial charge in [0.1, 0.15) is 0 Å². The van der Waals surface area contributed by atoms with Gasteiger partial charge in [0.2, 0.25) is 5.91 Å². The van der Waals surface area contributed by atoms with Gasteiger partial charge in [0.25, 0.3) is 0 Å². The van der Waals surface area contributed by atoms with Crippen molar-refractivity contribution in [3.63, 3.8) is 0 Å². The van der Waals surface area contributed by atoms with Crippen LogP contribution in [-0.4, -0.2) is 17.0 Å². The molecule has 0 aliphatic carbocycles. The molecule has 1 heterocycles. The van der Waals surface area contributed by atoms with E-state index in [2.05, 4.69) is 58.4 Å². The van der Waals surface area contributed by atoms with E-state index in [1.807, 2.05) is 36.7 Å². The van der Waals surface area contributed by atoms with Gasteiger partial charge in [-0.2, -0.15) is 0 Å². The third kappa shape index (κ3) is 5.35. The molecule has 0 unspecified atom stereocenters. The highest BCUT2D eigenvalue weighted by Crippen LogP contribution is 2.27. The fourth-order valence-corrected chi connectivity index (χ4v) is 3.28. The van der Waals surface area contributed by atoms with Crippen LogP contribution in [0.5, 0.6) is 0 Å². The average molecular weight is 346 g/mol. The number of aromatic nitrogens is 1. The van der Waals surface area contributed by atoms with Crippen LogP contribution in [0.15, 0.2) is 85.2 Å². The lowest BCUT2D eigenvalue weighted by Gasteiger charge is -2.18. The summed E-state index contributed by atoms with van der Waals surface area (Å²) in [6.45, 7) is 1.58. The summed E-state index contributed by atoms with van der Waals surface area (Å²) in [7, 11) is 0. The van der Waals surface area contributed by atoms with Crippen LogP contribution in [-0.2, 0) is 11.3 Å². The first-order chi connectivity index (χ1) is 12.8. The minimum Gasteiger partial charge on any atom is -0.356 e. The second-order valence-electron chi connectivity index (χ2n) is 6.54. The lowest BCUT2D eigenvalue weighted by molar-refractivity contribution is -0.121. The van der Waals surface area contributed by atoms with Gasteiger partial charge in [-0.25, -0.2) is 0 Å². The standard InChI is InChI=1S/C23H26N2O/c26-23(14-9-19-25-17-7-8-18-25)24-16-15-22(20-10-3-1-4-11-20)21-12-5-2-6-13-21/h1-8,10-13,17-18,22H,9,14-16,19H2,(H,24,26). The van der Waals surface area contributed by atoms with Crippen molar-refractivity contribution < 1.29 is 4.79 Å². The molecule has 3 aromatic rings. The highest BCUT2D eigenvalue weighted by atomic mass is 16.1. The Hall–Kier alpha value is -2.81. The van der Waals surface area contributed by atoms with E-state index in [1.54, 1.807) is 0 Å². The molecule has 1 N–H and O–H groups in total. The lowest BCUT2D eigenvalue weighted by atomic mass is 9.88. The maximum Gasteiger partial charge on any atom is 0.220 e. The molecule has 0 atom stereocenters. The molecule has 0 fully saturated rings. The first kappa shape index (κ1) is 18.0. The highest BCUT2D eigenvalue weighted by molar-refractivity contribution is 5.75. The molecule has 134 valence electrons. The molecular formula is C23H26N2O. The average Bonchev–Trinajstić information content (AvgIpc) is 3.20. The van der Waals surface area contributed by atoms with Crippen LogP contribution in [0.25, 0.3) is 0 Å². The number of aryl methyl sites for hydroxylation is 1. The van der Waals surface area contributed by atoms with Crippen molar-refractivity contribution in [1.82, 2.24) is 9.88 Å². The van der Waals surface area contributed by atoms with E-state index in [1.165, 1.54) is 11.1 Å².